The molecule has 27 heavy (non-hydrogen) atoms. The summed E-state index contributed by atoms with van der Waals surface area (Å²) in [5.74, 6) is -0.769. The van der Waals surface area contributed by atoms with Crippen molar-refractivity contribution in [2.75, 3.05) is 6.54 Å². The van der Waals surface area contributed by atoms with E-state index in [9.17, 15) is 9.59 Å². The van der Waals surface area contributed by atoms with Gasteiger partial charge in [0.15, 0.2) is 5.58 Å². The van der Waals surface area contributed by atoms with Crippen LogP contribution in [-0.2, 0) is 17.8 Å². The van der Waals surface area contributed by atoms with Gasteiger partial charge in [-0.25, -0.2) is 9.48 Å². The standard InChI is InChI=1S/C20H18N4O3/c25-19(14-23-17-8-4-5-9-18(17)27-20(23)26)21-11-10-15-12-22-24(13-15)16-6-2-1-3-7-16/h1-9,12-13H,10-11,14H2,(H,21,25). The minimum atomic E-state index is -0.532. The molecule has 0 aliphatic carbocycles. The third-order valence-electron chi connectivity index (χ3n) is 4.27. The van der Waals surface area contributed by atoms with Gasteiger partial charge >= 0.3 is 5.76 Å². The molecule has 4 aromatic rings. The number of carbonyl (C=O) groups is 1. The fraction of sp³-hybridized carbons (Fsp3) is 0.150. The van der Waals surface area contributed by atoms with Crippen molar-refractivity contribution in [1.82, 2.24) is 19.7 Å². The number of hydrogen-bond donors (Lipinski definition) is 1. The zero-order chi connectivity index (χ0) is 18.6. The van der Waals surface area contributed by atoms with Crippen LogP contribution in [0, 0.1) is 0 Å². The van der Waals surface area contributed by atoms with E-state index >= 15 is 0 Å². The molecule has 136 valence electrons. The smallest absolute Gasteiger partial charge is 0.408 e. The van der Waals surface area contributed by atoms with Crippen LogP contribution in [-0.4, -0.2) is 26.8 Å². The zero-order valence-electron chi connectivity index (χ0n) is 14.5. The third-order valence-corrected chi connectivity index (χ3v) is 4.27. The Morgan fingerprint density at radius 3 is 2.70 bits per heavy atom. The summed E-state index contributed by atoms with van der Waals surface area (Å²) in [6, 6.07) is 16.9. The second kappa shape index (κ2) is 7.33. The summed E-state index contributed by atoms with van der Waals surface area (Å²) in [4.78, 5) is 24.1. The number of para-hydroxylation sites is 3. The van der Waals surface area contributed by atoms with E-state index in [4.69, 9.17) is 4.42 Å². The largest absolute Gasteiger partial charge is 0.420 e. The van der Waals surface area contributed by atoms with Gasteiger partial charge in [0.1, 0.15) is 6.54 Å². The summed E-state index contributed by atoms with van der Waals surface area (Å²) >= 11 is 0. The number of aromatic nitrogens is 3. The Bertz CT molecular complexity index is 1120. The van der Waals surface area contributed by atoms with Crippen LogP contribution in [0.4, 0.5) is 0 Å². The molecule has 2 aromatic carbocycles. The summed E-state index contributed by atoms with van der Waals surface area (Å²) in [5.41, 5.74) is 3.09. The zero-order valence-corrected chi connectivity index (χ0v) is 14.5. The third kappa shape index (κ3) is 3.67. The molecule has 0 fully saturated rings. The maximum atomic E-state index is 12.2. The summed E-state index contributed by atoms with van der Waals surface area (Å²) in [6.07, 6.45) is 4.38. The van der Waals surface area contributed by atoms with Gasteiger partial charge in [0.25, 0.3) is 0 Å². The van der Waals surface area contributed by atoms with Crippen LogP contribution in [0.15, 0.2) is 76.2 Å². The van der Waals surface area contributed by atoms with Crippen LogP contribution in [0.1, 0.15) is 5.56 Å². The molecule has 0 spiro atoms. The van der Waals surface area contributed by atoms with Gasteiger partial charge in [0, 0.05) is 12.7 Å². The lowest BCUT2D eigenvalue weighted by Crippen LogP contribution is -2.32. The second-order valence-corrected chi connectivity index (χ2v) is 6.15. The maximum absolute atomic E-state index is 12.2. The fourth-order valence-electron chi connectivity index (χ4n) is 2.92. The molecule has 7 heteroatoms. The molecule has 1 amide bonds. The lowest BCUT2D eigenvalue weighted by molar-refractivity contribution is -0.121. The summed E-state index contributed by atoms with van der Waals surface area (Å²) in [6.45, 7) is 0.392. The molecule has 2 heterocycles. The first-order valence-corrected chi connectivity index (χ1v) is 8.65. The second-order valence-electron chi connectivity index (χ2n) is 6.15. The first kappa shape index (κ1) is 16.8. The summed E-state index contributed by atoms with van der Waals surface area (Å²) < 4.78 is 8.27. The lowest BCUT2D eigenvalue weighted by Gasteiger charge is -2.05. The van der Waals surface area contributed by atoms with E-state index in [0.717, 1.165) is 11.3 Å². The number of rotatable bonds is 6. The molecule has 4 rings (SSSR count). The first-order chi connectivity index (χ1) is 13.2. The highest BCUT2D eigenvalue weighted by Crippen LogP contribution is 2.11. The van der Waals surface area contributed by atoms with Gasteiger partial charge in [-0.3, -0.25) is 9.36 Å². The molecular weight excluding hydrogens is 344 g/mol. The van der Waals surface area contributed by atoms with Gasteiger partial charge in [-0.1, -0.05) is 30.3 Å². The predicted octanol–water partition coefficient (Wildman–Crippen LogP) is 2.14. The molecule has 2 aromatic heterocycles. The summed E-state index contributed by atoms with van der Waals surface area (Å²) in [7, 11) is 0. The molecule has 0 atom stereocenters. The van der Waals surface area contributed by atoms with Gasteiger partial charge in [0.2, 0.25) is 5.91 Å². The Kier molecular flexibility index (Phi) is 4.57. The van der Waals surface area contributed by atoms with E-state index < -0.39 is 5.76 Å². The molecule has 0 saturated heterocycles. The van der Waals surface area contributed by atoms with Crippen molar-refractivity contribution in [2.24, 2.45) is 0 Å². The van der Waals surface area contributed by atoms with Gasteiger partial charge in [-0.05, 0) is 36.2 Å². The Morgan fingerprint density at radius 2 is 1.85 bits per heavy atom. The maximum Gasteiger partial charge on any atom is 0.420 e. The quantitative estimate of drug-likeness (QED) is 0.570. The number of hydrogen-bond acceptors (Lipinski definition) is 4. The lowest BCUT2D eigenvalue weighted by atomic mass is 10.2. The van der Waals surface area contributed by atoms with Crippen LogP contribution in [0.3, 0.4) is 0 Å². The van der Waals surface area contributed by atoms with E-state index in [1.807, 2.05) is 36.5 Å². The SMILES string of the molecule is O=C(Cn1c(=O)oc2ccccc21)NCCc1cnn(-c2ccccc2)c1. The van der Waals surface area contributed by atoms with Crippen LogP contribution >= 0.6 is 0 Å². The van der Waals surface area contributed by atoms with Gasteiger partial charge < -0.3 is 9.73 Å². The van der Waals surface area contributed by atoms with E-state index in [0.29, 0.717) is 24.1 Å². The fourth-order valence-corrected chi connectivity index (χ4v) is 2.92. The van der Waals surface area contributed by atoms with Crippen LogP contribution in [0.5, 0.6) is 0 Å². The molecule has 0 radical (unpaired) electrons. The molecule has 0 aliphatic heterocycles. The summed E-state index contributed by atoms with van der Waals surface area (Å²) in [5, 5.41) is 7.17. The number of amides is 1. The first-order valence-electron chi connectivity index (χ1n) is 8.65. The minimum Gasteiger partial charge on any atom is -0.408 e. The van der Waals surface area contributed by atoms with Crippen molar-refractivity contribution < 1.29 is 9.21 Å². The average Bonchev–Trinajstić information content (AvgIpc) is 3.28. The van der Waals surface area contributed by atoms with E-state index in [1.165, 1.54) is 4.57 Å². The Morgan fingerprint density at radius 1 is 1.07 bits per heavy atom. The number of fused-ring (bicyclic) bond motifs is 1. The topological polar surface area (TPSA) is 82.1 Å². The molecule has 0 aliphatic rings. The van der Waals surface area contributed by atoms with Crippen molar-refractivity contribution in [3.8, 4) is 5.69 Å². The van der Waals surface area contributed by atoms with Gasteiger partial charge in [-0.15, -0.1) is 0 Å². The predicted molar refractivity (Wildman–Crippen MR) is 101 cm³/mol. The average molecular weight is 362 g/mol. The van der Waals surface area contributed by atoms with Gasteiger partial charge in [0.05, 0.1) is 17.4 Å². The minimum absolute atomic E-state index is 0.0703. The Labute approximate surface area is 154 Å². The number of oxazole rings is 1. The number of benzene rings is 2. The molecule has 0 saturated carbocycles. The van der Waals surface area contributed by atoms with Crippen LogP contribution < -0.4 is 11.1 Å². The van der Waals surface area contributed by atoms with Crippen LogP contribution in [0.25, 0.3) is 16.8 Å². The number of carbonyl (C=O) groups excluding carboxylic acids is 1. The highest BCUT2D eigenvalue weighted by atomic mass is 16.4. The molecule has 0 unspecified atom stereocenters. The molecular formula is C20H18N4O3. The Hall–Kier alpha value is -3.61. The van der Waals surface area contributed by atoms with Crippen molar-refractivity contribution in [3.05, 3.63) is 83.1 Å². The van der Waals surface area contributed by atoms with E-state index in [2.05, 4.69) is 10.4 Å². The number of nitrogens with one attached hydrogen (secondary N) is 1. The molecule has 1 N–H and O–H groups in total. The van der Waals surface area contributed by atoms with Crippen molar-refractivity contribution in [2.45, 2.75) is 13.0 Å². The molecule has 0 bridgehead atoms. The molecule has 7 nitrogen and oxygen atoms in total. The number of nitrogens with zero attached hydrogens (tertiary/aromatic N) is 3. The van der Waals surface area contributed by atoms with E-state index in [-0.39, 0.29) is 12.5 Å². The van der Waals surface area contributed by atoms with Crippen molar-refractivity contribution in [3.63, 3.8) is 0 Å². The van der Waals surface area contributed by atoms with E-state index in [1.54, 1.807) is 35.1 Å². The van der Waals surface area contributed by atoms with Crippen molar-refractivity contribution in [1.29, 1.82) is 0 Å². The van der Waals surface area contributed by atoms with Crippen molar-refractivity contribution >= 4 is 17.0 Å². The van der Waals surface area contributed by atoms with Crippen LogP contribution in [0.2, 0.25) is 0 Å². The highest BCUT2D eigenvalue weighted by Gasteiger charge is 2.12. The Balaban J connectivity index is 1.34. The van der Waals surface area contributed by atoms with Gasteiger partial charge in [-0.2, -0.15) is 5.10 Å². The monoisotopic (exact) mass is 362 g/mol. The normalized spacial score (nSPS) is 11.0. The highest BCUT2D eigenvalue weighted by molar-refractivity contribution is 5.79.